The number of Topliss-reactive ketones (excluding diaryl/α,β-unsaturated/α-hetero) is 4. The summed E-state index contributed by atoms with van der Waals surface area (Å²) >= 11 is 0. The van der Waals surface area contributed by atoms with Gasteiger partial charge < -0.3 is 21.3 Å². The van der Waals surface area contributed by atoms with Crippen molar-refractivity contribution in [3.05, 3.63) is 297 Å². The number of rotatable bonds is 11. The molecule has 17 nitrogen and oxygen atoms in total. The van der Waals surface area contributed by atoms with Gasteiger partial charge in [0.15, 0.2) is 23.1 Å². The van der Waals surface area contributed by atoms with E-state index in [4.69, 9.17) is 5.14 Å². The lowest BCUT2D eigenvalue weighted by atomic mass is 9.92. The number of allylic oxidation sites excluding steroid dienone is 8. The molecule has 0 saturated heterocycles. The minimum Gasteiger partial charge on any atom is -0.352 e. The molecule has 0 bridgehead atoms. The van der Waals surface area contributed by atoms with Crippen molar-refractivity contribution in [2.24, 2.45) is 5.14 Å². The molecule has 0 aromatic heterocycles. The highest BCUT2D eigenvalue weighted by atomic mass is 32.2. The van der Waals surface area contributed by atoms with Crippen LogP contribution >= 0.6 is 0 Å². The summed E-state index contributed by atoms with van der Waals surface area (Å²) in [5.74, 6) is 4.32. The smallest absolute Gasteiger partial charge is 0.228 e. The van der Waals surface area contributed by atoms with Gasteiger partial charge in [0.1, 0.15) is 5.82 Å². The van der Waals surface area contributed by atoms with Crippen molar-refractivity contribution in [2.45, 2.75) is 38.0 Å². The lowest BCUT2D eigenvalue weighted by Gasteiger charge is -2.17. The Hall–Kier alpha value is -11.3. The molecule has 2 unspecified atom stereocenters. The molecule has 0 heterocycles. The number of hydrogen-bond acceptors (Lipinski definition) is 15. The molecule has 0 fully saturated rings. The van der Waals surface area contributed by atoms with E-state index in [0.717, 1.165) is 16.8 Å². The van der Waals surface area contributed by atoms with Gasteiger partial charge in [-0.25, -0.2) is 12.8 Å². The van der Waals surface area contributed by atoms with E-state index in [1.165, 1.54) is 55.5 Å². The minimum absolute atomic E-state index is 0. The van der Waals surface area contributed by atoms with E-state index in [9.17, 15) is 56.0 Å². The van der Waals surface area contributed by atoms with Crippen LogP contribution < -0.4 is 31.1 Å². The summed E-state index contributed by atoms with van der Waals surface area (Å²) in [5, 5.41) is 17.2. The summed E-state index contributed by atoms with van der Waals surface area (Å²) in [7, 11) is -5.71. The summed E-state index contributed by atoms with van der Waals surface area (Å²) in [5.41, 5.74) is 8.25. The molecule has 0 aliphatic heterocycles. The average Bonchev–Trinajstić information content (AvgIpc) is 0.885. The maximum absolute atomic E-state index is 13.4. The maximum atomic E-state index is 13.4. The monoisotopic (exact) mass is 1250 g/mol. The number of nitrogens with two attached hydrogens (primary N) is 1. The third kappa shape index (κ3) is 15.7. The Morgan fingerprint density at radius 1 is 0.396 bits per heavy atom. The fourth-order valence-corrected chi connectivity index (χ4v) is 11.3. The fraction of sp³-hybridized carbons (Fsp3) is 0.0563. The standard InChI is InChI=1S/C19H16N2O4S.C17H12FNO2.C17H14N2O3S.C17H13NO2.CH4/c1-12(22)21-26(2,25)14-9-7-13(8-10-14)20-17-11-18(23)15-5-3-4-6-16(15)19(17)24;1-10-6-11(18)8-12(7-10)19-15-9-16(20)13-4-2-3-5-14(13)17(15)21;1-23(18,22)12-8-6-11(7-9-12)19-15-10-16(20)13-4-2-3-5-14(13)17(15)21;1-11-6-8-12(9-7-11)18-15-10-16(19)13-4-2-3-5-14(13)17(15)20;/h3-11,20H,2H2,1H3,(H,21,22,25);2-9,19H,1H3;2-10,19H,1H2,(H2,18,22);2-10,18H,1H3;1H4. The Morgan fingerprint density at radius 3 is 0.978 bits per heavy atom. The summed E-state index contributed by atoms with van der Waals surface area (Å²) in [6, 6.07) is 51.6. The number of anilines is 4. The molecule has 0 radical (unpaired) electrons. The Morgan fingerprint density at radius 2 is 0.681 bits per heavy atom. The first-order valence-corrected chi connectivity index (χ1v) is 30.9. The maximum Gasteiger partial charge on any atom is 0.228 e. The summed E-state index contributed by atoms with van der Waals surface area (Å²) < 4.78 is 39.7. The van der Waals surface area contributed by atoms with Gasteiger partial charge in [0.2, 0.25) is 29.0 Å². The number of fused-ring (bicyclic) bond motifs is 4. The first-order chi connectivity index (χ1) is 42.8. The molecule has 91 heavy (non-hydrogen) atoms. The second kappa shape index (κ2) is 27.8. The van der Waals surface area contributed by atoms with E-state index in [2.05, 4.69) is 37.7 Å². The molecule has 458 valence electrons. The number of hydrogen-bond donors (Lipinski definition) is 6. The Balaban J connectivity index is 0.000000156. The highest BCUT2D eigenvalue weighted by molar-refractivity contribution is 7.99. The normalized spacial score (nSPS) is 14.7. The number of carbonyl (C=O) groups excluding carboxylic acids is 9. The quantitative estimate of drug-likeness (QED) is 0.0657. The zero-order valence-electron chi connectivity index (χ0n) is 48.4. The van der Waals surface area contributed by atoms with Crippen molar-refractivity contribution in [2.75, 3.05) is 21.3 Å². The number of amides is 1. The molecule has 4 aliphatic rings. The van der Waals surface area contributed by atoms with E-state index >= 15 is 0 Å². The number of halogens is 1. The molecule has 8 aromatic carbocycles. The molecule has 8 aromatic rings. The van der Waals surface area contributed by atoms with E-state index in [-0.39, 0.29) is 70.8 Å². The number of aryl methyl sites for hydroxylation is 2. The lowest BCUT2D eigenvalue weighted by Crippen LogP contribution is -2.27. The second-order valence-electron chi connectivity index (χ2n) is 20.7. The third-order valence-corrected chi connectivity index (χ3v) is 16.6. The lowest BCUT2D eigenvalue weighted by molar-refractivity contribution is -0.117. The van der Waals surface area contributed by atoms with Gasteiger partial charge in [-0.15, -0.1) is 0 Å². The van der Waals surface area contributed by atoms with Crippen molar-refractivity contribution in [3.8, 4) is 0 Å². The van der Waals surface area contributed by atoms with Crippen molar-refractivity contribution in [3.63, 3.8) is 0 Å². The fourth-order valence-electron chi connectivity index (χ4n) is 9.52. The number of ketones is 8. The average molecular weight is 1260 g/mol. The second-order valence-corrected chi connectivity index (χ2v) is 24.6. The van der Waals surface area contributed by atoms with Crippen LogP contribution in [0, 0.1) is 19.7 Å². The van der Waals surface area contributed by atoms with Crippen LogP contribution in [0.2, 0.25) is 0 Å². The number of nitrogens with one attached hydrogen (secondary N) is 5. The molecule has 0 spiro atoms. The third-order valence-electron chi connectivity index (χ3n) is 13.8. The summed E-state index contributed by atoms with van der Waals surface area (Å²) in [6.07, 6.45) is 5.17. The Labute approximate surface area is 525 Å². The first kappa shape index (κ1) is 65.7. The highest BCUT2D eigenvalue weighted by Gasteiger charge is 2.29. The topological polar surface area (TPSA) is 274 Å². The van der Waals surface area contributed by atoms with E-state index < -0.39 is 31.1 Å². The molecule has 0 saturated carbocycles. The molecule has 7 N–H and O–H groups in total. The van der Waals surface area contributed by atoms with Gasteiger partial charge in [0, 0.05) is 108 Å². The SMILES string of the molecule is C.C=S(=O)(NC(C)=O)c1ccc(NC2=CC(=O)c3ccccc3C2=O)cc1.C=S(N)(=O)c1ccc(NC2=CC(=O)c3ccccc3C2=O)cc1.Cc1cc(F)cc(NC2=CC(=O)c3ccccc3C2=O)c1.Cc1ccc(NC2=CC(=O)c3ccccc3C2=O)cc1. The van der Waals surface area contributed by atoms with Crippen molar-refractivity contribution >= 4 is 106 Å². The van der Waals surface area contributed by atoms with Crippen LogP contribution in [0.4, 0.5) is 27.1 Å². The van der Waals surface area contributed by atoms with E-state index in [1.807, 2.05) is 31.2 Å². The molecule has 20 heteroatoms. The minimum atomic E-state index is -2.93. The number of benzene rings is 8. The van der Waals surface area contributed by atoms with Gasteiger partial charge in [-0.2, -0.15) is 0 Å². The molecule has 4 aliphatic carbocycles. The van der Waals surface area contributed by atoms with Crippen LogP contribution in [-0.4, -0.2) is 72.3 Å². The summed E-state index contributed by atoms with van der Waals surface area (Å²) in [4.78, 5) is 110. The van der Waals surface area contributed by atoms with Gasteiger partial charge in [0.25, 0.3) is 0 Å². The van der Waals surface area contributed by atoms with Gasteiger partial charge in [-0.1, -0.05) is 122 Å². The van der Waals surface area contributed by atoms with Gasteiger partial charge >= 0.3 is 0 Å². The van der Waals surface area contributed by atoms with Crippen LogP contribution in [0.1, 0.15) is 108 Å². The summed E-state index contributed by atoms with van der Waals surface area (Å²) in [6.45, 7) is 5.01. The van der Waals surface area contributed by atoms with Crippen LogP contribution in [-0.2, 0) is 24.2 Å². The van der Waals surface area contributed by atoms with Crippen molar-refractivity contribution in [1.29, 1.82) is 0 Å². The van der Waals surface area contributed by atoms with Crippen molar-refractivity contribution < 1.29 is 56.0 Å². The number of carbonyl (C=O) groups is 9. The van der Waals surface area contributed by atoms with Gasteiger partial charge in [-0.05, 0) is 110 Å². The molecule has 12 rings (SSSR count). The first-order valence-electron chi connectivity index (χ1n) is 27.3. The van der Waals surface area contributed by atoms with Gasteiger partial charge in [0.05, 0.1) is 42.2 Å². The molecule has 2 atom stereocenters. The van der Waals surface area contributed by atoms with Crippen LogP contribution in [0.15, 0.2) is 245 Å². The van der Waals surface area contributed by atoms with Crippen LogP contribution in [0.3, 0.4) is 0 Å². The largest absolute Gasteiger partial charge is 0.352 e. The zero-order valence-corrected chi connectivity index (χ0v) is 50.0. The molecule has 1 amide bonds. The van der Waals surface area contributed by atoms with Gasteiger partial charge in [-0.3, -0.25) is 53.0 Å². The highest BCUT2D eigenvalue weighted by Crippen LogP contribution is 2.28. The Kier molecular flexibility index (Phi) is 20.1. The predicted octanol–water partition coefficient (Wildman–Crippen LogP) is 11.7. The van der Waals surface area contributed by atoms with Crippen molar-refractivity contribution in [1.82, 2.24) is 4.72 Å². The van der Waals surface area contributed by atoms with Crippen LogP contribution in [0.5, 0.6) is 0 Å². The Bertz CT molecular complexity index is 4680. The molecular formula is C71H59FN6O11S2. The molecular weight excluding hydrogens is 1200 g/mol. The van der Waals surface area contributed by atoms with E-state index in [1.54, 1.807) is 146 Å². The zero-order chi connectivity index (χ0) is 64.6. The predicted molar refractivity (Wildman–Crippen MR) is 354 cm³/mol. The van der Waals surface area contributed by atoms with Crippen LogP contribution in [0.25, 0.3) is 0 Å². The van der Waals surface area contributed by atoms with E-state index in [0.29, 0.717) is 77.1 Å².